The van der Waals surface area contributed by atoms with Crippen LogP contribution in [-0.2, 0) is 0 Å². The van der Waals surface area contributed by atoms with E-state index in [-0.39, 0.29) is 11.3 Å². The minimum absolute atomic E-state index is 0.0251. The van der Waals surface area contributed by atoms with Crippen molar-refractivity contribution in [3.05, 3.63) is 52.3 Å². The van der Waals surface area contributed by atoms with Crippen molar-refractivity contribution >= 4 is 23.4 Å². The number of thioether (sulfide) groups is 1. The van der Waals surface area contributed by atoms with Crippen molar-refractivity contribution in [3.8, 4) is 0 Å². The van der Waals surface area contributed by atoms with Gasteiger partial charge in [-0.3, -0.25) is 0 Å². The van der Waals surface area contributed by atoms with Crippen LogP contribution in [0.5, 0.6) is 0 Å². The Morgan fingerprint density at radius 3 is 2.35 bits per heavy atom. The van der Waals surface area contributed by atoms with E-state index >= 15 is 0 Å². The number of nitrogens with zero attached hydrogens (tertiary/aromatic N) is 2. The molecule has 0 fully saturated rings. The summed E-state index contributed by atoms with van der Waals surface area (Å²) in [4.78, 5) is 8.93. The highest BCUT2D eigenvalue weighted by Gasteiger charge is 2.19. The smallest absolute Gasteiger partial charge is 0.188 e. The summed E-state index contributed by atoms with van der Waals surface area (Å²) in [5, 5.41) is 1.55. The van der Waals surface area contributed by atoms with E-state index < -0.39 is 0 Å². The first-order chi connectivity index (χ1) is 9.45. The molecule has 5 heteroatoms. The lowest BCUT2D eigenvalue weighted by atomic mass is 10.1. The van der Waals surface area contributed by atoms with Crippen molar-refractivity contribution < 1.29 is 0 Å². The normalized spacial score (nSPS) is 14.1. The Labute approximate surface area is 129 Å². The molecule has 1 aromatic carbocycles. The molecule has 0 radical (unpaired) electrons. The van der Waals surface area contributed by atoms with Gasteiger partial charge in [-0.1, -0.05) is 35.5 Å². The van der Waals surface area contributed by atoms with Crippen LogP contribution in [0.4, 0.5) is 0 Å². The van der Waals surface area contributed by atoms with Crippen LogP contribution in [0.2, 0.25) is 5.02 Å². The number of benzene rings is 1. The van der Waals surface area contributed by atoms with Gasteiger partial charge in [-0.25, -0.2) is 9.97 Å². The summed E-state index contributed by atoms with van der Waals surface area (Å²) in [6.07, 6.45) is 0. The van der Waals surface area contributed by atoms with Gasteiger partial charge in [0.2, 0.25) is 0 Å². The predicted octanol–water partition coefficient (Wildman–Crippen LogP) is 3.93. The summed E-state index contributed by atoms with van der Waals surface area (Å²) < 4.78 is 0. The van der Waals surface area contributed by atoms with Crippen molar-refractivity contribution in [2.45, 2.75) is 37.2 Å². The predicted molar refractivity (Wildman–Crippen MR) is 85.2 cm³/mol. The zero-order chi connectivity index (χ0) is 14.7. The second kappa shape index (κ2) is 6.57. The van der Waals surface area contributed by atoms with Crippen LogP contribution in [0.15, 0.2) is 35.5 Å². The van der Waals surface area contributed by atoms with E-state index in [1.165, 1.54) is 0 Å². The van der Waals surface area contributed by atoms with Gasteiger partial charge in [0.25, 0.3) is 0 Å². The number of rotatable bonds is 4. The fraction of sp³-hybridized carbons (Fsp3) is 0.333. The van der Waals surface area contributed by atoms with Crippen molar-refractivity contribution in [3.63, 3.8) is 0 Å². The van der Waals surface area contributed by atoms with Crippen LogP contribution >= 0.6 is 23.4 Å². The lowest BCUT2D eigenvalue weighted by Crippen LogP contribution is -2.22. The minimum Gasteiger partial charge on any atom is -0.327 e. The van der Waals surface area contributed by atoms with Gasteiger partial charge < -0.3 is 5.73 Å². The molecule has 0 bridgehead atoms. The molecule has 0 spiro atoms. The summed E-state index contributed by atoms with van der Waals surface area (Å²) >= 11 is 7.65. The van der Waals surface area contributed by atoms with Gasteiger partial charge in [-0.2, -0.15) is 0 Å². The third-order valence-corrected chi connectivity index (χ3v) is 4.43. The molecule has 3 nitrogen and oxygen atoms in total. The molecule has 2 atom stereocenters. The number of aryl methyl sites for hydroxylation is 2. The maximum Gasteiger partial charge on any atom is 0.188 e. The largest absolute Gasteiger partial charge is 0.327 e. The Morgan fingerprint density at radius 1 is 1.15 bits per heavy atom. The monoisotopic (exact) mass is 307 g/mol. The summed E-state index contributed by atoms with van der Waals surface area (Å²) in [6.45, 7) is 5.93. The average molecular weight is 308 g/mol. The van der Waals surface area contributed by atoms with Crippen LogP contribution < -0.4 is 5.73 Å². The lowest BCUT2D eigenvalue weighted by molar-refractivity contribution is 0.717. The molecule has 0 saturated carbocycles. The second-order valence-corrected chi connectivity index (χ2v) is 6.43. The Bertz CT molecular complexity index is 581. The molecule has 0 amide bonds. The van der Waals surface area contributed by atoms with E-state index in [1.54, 1.807) is 11.8 Å². The zero-order valence-electron chi connectivity index (χ0n) is 11.8. The third kappa shape index (κ3) is 3.95. The minimum atomic E-state index is -0.0251. The van der Waals surface area contributed by atoms with Gasteiger partial charge in [0.05, 0.1) is 5.25 Å². The lowest BCUT2D eigenvalue weighted by Gasteiger charge is -2.20. The fourth-order valence-electron chi connectivity index (χ4n) is 2.02. The van der Waals surface area contributed by atoms with E-state index in [1.807, 2.05) is 51.1 Å². The van der Waals surface area contributed by atoms with Gasteiger partial charge in [0, 0.05) is 22.5 Å². The standard InChI is InChI=1S/C15H18ClN3S/c1-9-7-10(2)19-15(18-9)20-14(11(3)17)12-5-4-6-13(16)8-12/h4-8,11,14H,17H2,1-3H3. The van der Waals surface area contributed by atoms with Crippen LogP contribution in [0.3, 0.4) is 0 Å². The van der Waals surface area contributed by atoms with E-state index in [0.29, 0.717) is 0 Å². The zero-order valence-corrected chi connectivity index (χ0v) is 13.4. The molecule has 0 aliphatic rings. The van der Waals surface area contributed by atoms with Crippen molar-refractivity contribution in [2.75, 3.05) is 0 Å². The molecular formula is C15H18ClN3S. The Hall–Kier alpha value is -1.10. The number of halogens is 1. The van der Waals surface area contributed by atoms with E-state index in [4.69, 9.17) is 17.3 Å². The molecule has 2 aromatic rings. The molecule has 2 rings (SSSR count). The van der Waals surface area contributed by atoms with Gasteiger partial charge in [-0.15, -0.1) is 0 Å². The third-order valence-electron chi connectivity index (χ3n) is 2.85. The van der Waals surface area contributed by atoms with Gasteiger partial charge >= 0.3 is 0 Å². The number of hydrogen-bond donors (Lipinski definition) is 1. The van der Waals surface area contributed by atoms with Crippen molar-refractivity contribution in [2.24, 2.45) is 5.73 Å². The number of hydrogen-bond acceptors (Lipinski definition) is 4. The molecule has 0 saturated heterocycles. The summed E-state index contributed by atoms with van der Waals surface area (Å²) in [5.74, 6) is 0. The highest BCUT2D eigenvalue weighted by molar-refractivity contribution is 7.99. The van der Waals surface area contributed by atoms with Crippen molar-refractivity contribution in [1.29, 1.82) is 0 Å². The highest BCUT2D eigenvalue weighted by Crippen LogP contribution is 2.36. The Kier molecular flexibility index (Phi) is 5.02. The first-order valence-corrected chi connectivity index (χ1v) is 7.71. The molecular weight excluding hydrogens is 290 g/mol. The maximum atomic E-state index is 6.12. The Balaban J connectivity index is 2.30. The average Bonchev–Trinajstić information content (AvgIpc) is 2.34. The van der Waals surface area contributed by atoms with Crippen LogP contribution in [0, 0.1) is 13.8 Å². The van der Waals surface area contributed by atoms with Gasteiger partial charge in [0.15, 0.2) is 5.16 Å². The van der Waals surface area contributed by atoms with Crippen LogP contribution in [0.1, 0.15) is 29.1 Å². The highest BCUT2D eigenvalue weighted by atomic mass is 35.5. The first-order valence-electron chi connectivity index (χ1n) is 6.45. The molecule has 1 heterocycles. The number of nitrogens with two attached hydrogens (primary N) is 1. The maximum absolute atomic E-state index is 6.12. The molecule has 20 heavy (non-hydrogen) atoms. The Morgan fingerprint density at radius 2 is 1.80 bits per heavy atom. The molecule has 0 aliphatic carbocycles. The summed E-state index contributed by atoms with van der Waals surface area (Å²) in [6, 6.07) is 9.73. The fourth-order valence-corrected chi connectivity index (χ4v) is 3.34. The van der Waals surface area contributed by atoms with Gasteiger partial charge in [-0.05, 0) is 44.5 Å². The molecule has 106 valence electrons. The molecule has 1 aromatic heterocycles. The van der Waals surface area contributed by atoms with Gasteiger partial charge in [0.1, 0.15) is 0 Å². The summed E-state index contributed by atoms with van der Waals surface area (Å²) in [7, 11) is 0. The topological polar surface area (TPSA) is 51.8 Å². The van der Waals surface area contributed by atoms with E-state index in [9.17, 15) is 0 Å². The summed E-state index contributed by atoms with van der Waals surface area (Å²) in [5.41, 5.74) is 9.15. The van der Waals surface area contributed by atoms with E-state index in [0.717, 1.165) is 27.1 Å². The van der Waals surface area contributed by atoms with Crippen LogP contribution in [-0.4, -0.2) is 16.0 Å². The molecule has 0 aliphatic heterocycles. The molecule has 2 unspecified atom stereocenters. The van der Waals surface area contributed by atoms with E-state index in [2.05, 4.69) is 9.97 Å². The van der Waals surface area contributed by atoms with Crippen molar-refractivity contribution in [1.82, 2.24) is 9.97 Å². The number of aromatic nitrogens is 2. The SMILES string of the molecule is Cc1cc(C)nc(SC(c2cccc(Cl)c2)C(C)N)n1. The second-order valence-electron chi connectivity index (χ2n) is 4.89. The molecule has 2 N–H and O–H groups in total. The van der Waals surface area contributed by atoms with Crippen LogP contribution in [0.25, 0.3) is 0 Å². The first kappa shape index (κ1) is 15.3. The quantitative estimate of drug-likeness (QED) is 0.687.